The Morgan fingerprint density at radius 2 is 1.34 bits per heavy atom. The number of halogens is 1. The molecule has 3 aromatic rings. The molecule has 0 aliphatic rings. The molecule has 32 heavy (non-hydrogen) atoms. The maximum Gasteiger partial charge on any atom is 0.262 e. The SMILES string of the molecule is NS(=O)(=O)c1ccc(NC(=O)COc2ccc(S(=O)(=O)Nc3ccc(Cl)cc3)cc2)cc1. The van der Waals surface area contributed by atoms with Crippen LogP contribution >= 0.6 is 11.6 Å². The number of carbonyl (C=O) groups is 1. The van der Waals surface area contributed by atoms with Gasteiger partial charge in [-0.3, -0.25) is 9.52 Å². The van der Waals surface area contributed by atoms with Crippen molar-refractivity contribution in [1.29, 1.82) is 0 Å². The highest BCUT2D eigenvalue weighted by atomic mass is 35.5. The predicted octanol–water partition coefficient (Wildman–Crippen LogP) is 2.81. The Kier molecular flexibility index (Phi) is 7.04. The lowest BCUT2D eigenvalue weighted by Crippen LogP contribution is -2.20. The molecule has 0 saturated heterocycles. The molecule has 3 rings (SSSR count). The smallest absolute Gasteiger partial charge is 0.262 e. The molecule has 0 unspecified atom stereocenters. The van der Waals surface area contributed by atoms with Gasteiger partial charge < -0.3 is 10.1 Å². The second kappa shape index (κ2) is 9.57. The molecular formula is C20H18ClN3O6S2. The molecule has 12 heteroatoms. The Morgan fingerprint density at radius 3 is 1.91 bits per heavy atom. The highest BCUT2D eigenvalue weighted by Gasteiger charge is 2.14. The Labute approximate surface area is 190 Å². The molecule has 0 bridgehead atoms. The van der Waals surface area contributed by atoms with E-state index in [2.05, 4.69) is 10.0 Å². The quantitative estimate of drug-likeness (QED) is 0.438. The Bertz CT molecular complexity index is 1310. The van der Waals surface area contributed by atoms with E-state index in [0.29, 0.717) is 16.4 Å². The number of sulfonamides is 2. The lowest BCUT2D eigenvalue weighted by Gasteiger charge is -2.10. The molecular weight excluding hydrogens is 478 g/mol. The second-order valence-electron chi connectivity index (χ2n) is 6.49. The standard InChI is InChI=1S/C20H18ClN3O6S2/c21-14-1-3-16(4-2-14)24-32(28,29)19-11-7-17(8-12-19)30-13-20(25)23-15-5-9-18(10-6-15)31(22,26)27/h1-12,24H,13H2,(H,23,25)(H2,22,26,27). The molecule has 0 aliphatic carbocycles. The zero-order valence-electron chi connectivity index (χ0n) is 16.4. The largest absolute Gasteiger partial charge is 0.484 e. The lowest BCUT2D eigenvalue weighted by atomic mass is 10.3. The zero-order chi connectivity index (χ0) is 23.4. The van der Waals surface area contributed by atoms with E-state index in [-0.39, 0.29) is 22.1 Å². The summed E-state index contributed by atoms with van der Waals surface area (Å²) in [5.41, 5.74) is 0.726. The van der Waals surface area contributed by atoms with E-state index < -0.39 is 26.0 Å². The number of nitrogens with one attached hydrogen (secondary N) is 2. The van der Waals surface area contributed by atoms with Crippen molar-refractivity contribution in [3.63, 3.8) is 0 Å². The summed E-state index contributed by atoms with van der Waals surface area (Å²) in [5.74, 6) is -0.204. The van der Waals surface area contributed by atoms with Gasteiger partial charge in [-0.05, 0) is 72.8 Å². The van der Waals surface area contributed by atoms with Gasteiger partial charge in [0, 0.05) is 16.4 Å². The summed E-state index contributed by atoms with van der Waals surface area (Å²) >= 11 is 5.79. The number of ether oxygens (including phenoxy) is 1. The van der Waals surface area contributed by atoms with Gasteiger partial charge in [-0.2, -0.15) is 0 Å². The van der Waals surface area contributed by atoms with Crippen molar-refractivity contribution in [3.05, 3.63) is 77.8 Å². The third-order valence-corrected chi connectivity index (χ3v) is 6.65. The number of anilines is 2. The van der Waals surface area contributed by atoms with Gasteiger partial charge in [-0.1, -0.05) is 11.6 Å². The highest BCUT2D eigenvalue weighted by Crippen LogP contribution is 2.21. The molecule has 0 atom stereocenters. The highest BCUT2D eigenvalue weighted by molar-refractivity contribution is 7.92. The number of rotatable bonds is 8. The van der Waals surface area contributed by atoms with Crippen LogP contribution in [0, 0.1) is 0 Å². The topological polar surface area (TPSA) is 145 Å². The lowest BCUT2D eigenvalue weighted by molar-refractivity contribution is -0.118. The zero-order valence-corrected chi connectivity index (χ0v) is 18.7. The minimum Gasteiger partial charge on any atom is -0.484 e. The Hall–Kier alpha value is -3.12. The third kappa shape index (κ3) is 6.44. The monoisotopic (exact) mass is 495 g/mol. The van der Waals surface area contributed by atoms with E-state index in [1.807, 2.05) is 0 Å². The molecule has 1 amide bonds. The summed E-state index contributed by atoms with van der Waals surface area (Å²) in [5, 5.41) is 8.05. The molecule has 3 aromatic carbocycles. The third-order valence-electron chi connectivity index (χ3n) is 4.07. The van der Waals surface area contributed by atoms with Crippen molar-refractivity contribution in [2.45, 2.75) is 9.79 Å². The van der Waals surface area contributed by atoms with E-state index in [9.17, 15) is 21.6 Å². The maximum atomic E-state index is 12.5. The average molecular weight is 496 g/mol. The van der Waals surface area contributed by atoms with Gasteiger partial charge in [0.05, 0.1) is 9.79 Å². The normalized spacial score (nSPS) is 11.6. The fraction of sp³-hybridized carbons (Fsp3) is 0.0500. The Morgan fingerprint density at radius 1 is 0.812 bits per heavy atom. The minimum absolute atomic E-state index is 0.0131. The first kappa shape index (κ1) is 23.5. The minimum atomic E-state index is -3.82. The van der Waals surface area contributed by atoms with Crippen LogP contribution in [-0.4, -0.2) is 29.3 Å². The summed E-state index contributed by atoms with van der Waals surface area (Å²) in [7, 11) is -7.63. The number of benzene rings is 3. The number of amides is 1. The van der Waals surface area contributed by atoms with Gasteiger partial charge in [0.2, 0.25) is 10.0 Å². The first-order chi connectivity index (χ1) is 15.0. The van der Waals surface area contributed by atoms with Crippen LogP contribution in [0.1, 0.15) is 0 Å². The average Bonchev–Trinajstić information content (AvgIpc) is 2.74. The molecule has 0 radical (unpaired) electrons. The summed E-state index contributed by atoms with van der Waals surface area (Å²) in [4.78, 5) is 12.0. The molecule has 0 spiro atoms. The molecule has 4 N–H and O–H groups in total. The summed E-state index contributed by atoms with van der Waals surface area (Å²) in [6, 6.07) is 17.1. The van der Waals surface area contributed by atoms with E-state index in [1.54, 1.807) is 24.3 Å². The van der Waals surface area contributed by atoms with Gasteiger partial charge in [-0.25, -0.2) is 22.0 Å². The molecule has 168 valence electrons. The van der Waals surface area contributed by atoms with E-state index in [0.717, 1.165) is 0 Å². The van der Waals surface area contributed by atoms with Gasteiger partial charge in [0.1, 0.15) is 5.75 Å². The van der Waals surface area contributed by atoms with E-state index >= 15 is 0 Å². The fourth-order valence-electron chi connectivity index (χ4n) is 2.52. The predicted molar refractivity (Wildman–Crippen MR) is 121 cm³/mol. The van der Waals surface area contributed by atoms with E-state index in [4.69, 9.17) is 21.5 Å². The van der Waals surface area contributed by atoms with E-state index in [1.165, 1.54) is 48.5 Å². The molecule has 0 fully saturated rings. The van der Waals surface area contributed by atoms with Gasteiger partial charge in [-0.15, -0.1) is 0 Å². The number of primary sulfonamides is 1. The van der Waals surface area contributed by atoms with Crippen LogP contribution in [0.2, 0.25) is 5.02 Å². The summed E-state index contributed by atoms with van der Waals surface area (Å²) < 4.78 is 55.2. The fourth-order valence-corrected chi connectivity index (χ4v) is 4.22. The number of carbonyl (C=O) groups excluding carboxylic acids is 1. The van der Waals surface area contributed by atoms with Crippen LogP contribution in [-0.2, 0) is 24.8 Å². The summed E-state index contributed by atoms with van der Waals surface area (Å²) in [6.45, 7) is -0.341. The number of hydrogen-bond acceptors (Lipinski definition) is 6. The van der Waals surface area contributed by atoms with Crippen LogP contribution in [0.25, 0.3) is 0 Å². The van der Waals surface area contributed by atoms with Crippen LogP contribution in [0.15, 0.2) is 82.6 Å². The number of nitrogens with two attached hydrogens (primary N) is 1. The van der Waals surface area contributed by atoms with Gasteiger partial charge in [0.15, 0.2) is 6.61 Å². The molecule has 0 heterocycles. The van der Waals surface area contributed by atoms with Crippen molar-refractivity contribution in [2.75, 3.05) is 16.6 Å². The van der Waals surface area contributed by atoms with Crippen molar-refractivity contribution < 1.29 is 26.4 Å². The van der Waals surface area contributed by atoms with Gasteiger partial charge in [0.25, 0.3) is 15.9 Å². The van der Waals surface area contributed by atoms with Crippen LogP contribution in [0.4, 0.5) is 11.4 Å². The molecule has 0 aromatic heterocycles. The van der Waals surface area contributed by atoms with Crippen molar-refractivity contribution in [1.82, 2.24) is 0 Å². The maximum absolute atomic E-state index is 12.5. The van der Waals surface area contributed by atoms with Crippen molar-refractivity contribution in [3.8, 4) is 5.75 Å². The van der Waals surface area contributed by atoms with Crippen LogP contribution in [0.3, 0.4) is 0 Å². The molecule has 0 aliphatic heterocycles. The Balaban J connectivity index is 1.56. The second-order valence-corrected chi connectivity index (χ2v) is 10.2. The summed E-state index contributed by atoms with van der Waals surface area (Å²) in [6.07, 6.45) is 0. The van der Waals surface area contributed by atoms with Crippen molar-refractivity contribution >= 4 is 48.9 Å². The van der Waals surface area contributed by atoms with Crippen molar-refractivity contribution in [2.24, 2.45) is 5.14 Å². The molecule has 9 nitrogen and oxygen atoms in total. The first-order valence-corrected chi connectivity index (χ1v) is 12.4. The van der Waals surface area contributed by atoms with Gasteiger partial charge >= 0.3 is 0 Å². The van der Waals surface area contributed by atoms with Crippen LogP contribution < -0.4 is 19.9 Å². The first-order valence-electron chi connectivity index (χ1n) is 8.97. The molecule has 0 saturated carbocycles. The number of hydrogen-bond donors (Lipinski definition) is 3. The van der Waals surface area contributed by atoms with Crippen LogP contribution in [0.5, 0.6) is 5.75 Å².